The Kier molecular flexibility index (Phi) is 7.27. The summed E-state index contributed by atoms with van der Waals surface area (Å²) in [5, 5.41) is 2.72. The van der Waals surface area contributed by atoms with Crippen LogP contribution in [0.25, 0.3) is 0 Å². The summed E-state index contributed by atoms with van der Waals surface area (Å²) >= 11 is 0. The van der Waals surface area contributed by atoms with Crippen molar-refractivity contribution in [2.24, 2.45) is 0 Å². The van der Waals surface area contributed by atoms with E-state index in [4.69, 9.17) is 14.2 Å². The van der Waals surface area contributed by atoms with Crippen LogP contribution in [0.4, 0.5) is 5.69 Å². The van der Waals surface area contributed by atoms with Crippen LogP contribution in [-0.2, 0) is 4.79 Å². The van der Waals surface area contributed by atoms with E-state index >= 15 is 0 Å². The van der Waals surface area contributed by atoms with E-state index in [9.17, 15) is 9.59 Å². The Morgan fingerprint density at radius 1 is 0.857 bits per heavy atom. The molecule has 0 saturated heterocycles. The quantitative estimate of drug-likeness (QED) is 0.477. The van der Waals surface area contributed by atoms with Gasteiger partial charge in [-0.1, -0.05) is 12.1 Å². The molecule has 2 rings (SSSR count). The molecule has 0 fully saturated rings. The molecule has 0 unspecified atom stereocenters. The van der Waals surface area contributed by atoms with Crippen molar-refractivity contribution < 1.29 is 23.8 Å². The van der Waals surface area contributed by atoms with E-state index in [-0.39, 0.29) is 11.8 Å². The van der Waals surface area contributed by atoms with Crippen molar-refractivity contribution in [2.75, 3.05) is 26.6 Å². The molecule has 0 aromatic heterocycles. The zero-order valence-corrected chi connectivity index (χ0v) is 16.2. The molecule has 2 aromatic rings. The molecular formula is C20H23N3O5. The second-order valence-corrected chi connectivity index (χ2v) is 5.67. The summed E-state index contributed by atoms with van der Waals surface area (Å²) in [4.78, 5) is 24.4. The maximum absolute atomic E-state index is 12.3. The third-order valence-electron chi connectivity index (χ3n) is 3.73. The van der Waals surface area contributed by atoms with E-state index in [1.807, 2.05) is 0 Å². The first kappa shape index (κ1) is 20.6. The minimum atomic E-state index is -0.390. The topological polar surface area (TPSA) is 97.9 Å². The maximum atomic E-state index is 12.3. The average Bonchev–Trinajstić information content (AvgIpc) is 2.71. The highest BCUT2D eigenvalue weighted by atomic mass is 16.5. The van der Waals surface area contributed by atoms with E-state index in [1.54, 1.807) is 49.4 Å². The molecule has 0 radical (unpaired) electrons. The molecule has 148 valence electrons. The number of hydrogen-bond acceptors (Lipinski definition) is 6. The number of ether oxygens (including phenoxy) is 3. The van der Waals surface area contributed by atoms with Crippen molar-refractivity contribution in [1.29, 1.82) is 0 Å². The molecule has 8 nitrogen and oxygen atoms in total. The molecule has 2 amide bonds. The van der Waals surface area contributed by atoms with Crippen LogP contribution in [0.1, 0.15) is 17.3 Å². The van der Waals surface area contributed by atoms with Crippen LogP contribution in [0.15, 0.2) is 54.2 Å². The van der Waals surface area contributed by atoms with Gasteiger partial charge in [0, 0.05) is 17.3 Å². The molecule has 0 bridgehead atoms. The number of methoxy groups -OCH3 is 3. The number of rotatable bonds is 8. The summed E-state index contributed by atoms with van der Waals surface area (Å²) in [5.74, 6) is 0.764. The number of carbonyl (C=O) groups excluding carboxylic acids is 2. The first-order valence-corrected chi connectivity index (χ1v) is 8.39. The first-order valence-electron chi connectivity index (χ1n) is 8.39. The average molecular weight is 385 g/mol. The van der Waals surface area contributed by atoms with Gasteiger partial charge in [-0.2, -0.15) is 0 Å². The Morgan fingerprint density at radius 3 is 2.21 bits per heavy atom. The minimum absolute atomic E-state index is 0.366. The Labute approximate surface area is 163 Å². The molecule has 0 heterocycles. The summed E-state index contributed by atoms with van der Waals surface area (Å²) in [6.07, 6.45) is 1.32. The minimum Gasteiger partial charge on any atom is -0.495 e. The lowest BCUT2D eigenvalue weighted by atomic mass is 10.2. The molecule has 0 spiro atoms. The van der Waals surface area contributed by atoms with Gasteiger partial charge in [0.25, 0.3) is 5.91 Å². The van der Waals surface area contributed by atoms with Gasteiger partial charge in [0.15, 0.2) is 11.5 Å². The lowest BCUT2D eigenvalue weighted by Gasteiger charge is -2.12. The predicted molar refractivity (Wildman–Crippen MR) is 106 cm³/mol. The van der Waals surface area contributed by atoms with E-state index in [2.05, 4.69) is 16.2 Å². The zero-order valence-electron chi connectivity index (χ0n) is 16.2. The smallest absolute Gasteiger partial charge is 0.269 e. The Balaban J connectivity index is 1.96. The number of hydrazine groups is 1. The standard InChI is InChI=1S/C20H23N3O5/c1-13(11-19(24)21-15-7-5-6-8-16(15)26-2)22-23-20(25)14-9-10-17(27-3)18(12-14)28-4/h5-12,22H,1-4H3,(H,21,24)(H,23,25)/b13-11+. The maximum Gasteiger partial charge on any atom is 0.269 e. The van der Waals surface area contributed by atoms with Crippen molar-refractivity contribution in [3.8, 4) is 17.2 Å². The van der Waals surface area contributed by atoms with Crippen LogP contribution >= 0.6 is 0 Å². The van der Waals surface area contributed by atoms with Crippen LogP contribution in [0, 0.1) is 0 Å². The zero-order chi connectivity index (χ0) is 20.5. The molecule has 0 saturated carbocycles. The number of amides is 2. The van der Waals surface area contributed by atoms with Crippen LogP contribution in [0.3, 0.4) is 0 Å². The number of allylic oxidation sites excluding steroid dienone is 1. The van der Waals surface area contributed by atoms with E-state index in [1.165, 1.54) is 27.4 Å². The third kappa shape index (κ3) is 5.41. The number of nitrogens with one attached hydrogen (secondary N) is 3. The number of anilines is 1. The van der Waals surface area contributed by atoms with Crippen molar-refractivity contribution in [2.45, 2.75) is 6.92 Å². The molecule has 0 atom stereocenters. The summed E-state index contributed by atoms with van der Waals surface area (Å²) in [5.41, 5.74) is 6.58. The molecule has 2 aromatic carbocycles. The van der Waals surface area contributed by atoms with Gasteiger partial charge in [-0.3, -0.25) is 15.0 Å². The van der Waals surface area contributed by atoms with Crippen LogP contribution in [0.2, 0.25) is 0 Å². The highest BCUT2D eigenvalue weighted by molar-refractivity contribution is 6.00. The van der Waals surface area contributed by atoms with Gasteiger partial charge in [-0.25, -0.2) is 0 Å². The molecule has 8 heteroatoms. The highest BCUT2D eigenvalue weighted by Crippen LogP contribution is 2.27. The summed E-state index contributed by atoms with van der Waals surface area (Å²) in [6.45, 7) is 1.65. The Morgan fingerprint density at radius 2 is 1.54 bits per heavy atom. The molecule has 28 heavy (non-hydrogen) atoms. The monoisotopic (exact) mass is 385 g/mol. The number of para-hydroxylation sites is 2. The van der Waals surface area contributed by atoms with Gasteiger partial charge in [-0.05, 0) is 37.3 Å². The summed E-state index contributed by atoms with van der Waals surface area (Å²) in [7, 11) is 4.53. The largest absolute Gasteiger partial charge is 0.495 e. The number of carbonyl (C=O) groups is 2. The lowest BCUT2D eigenvalue weighted by Crippen LogP contribution is -2.36. The third-order valence-corrected chi connectivity index (χ3v) is 3.73. The Bertz CT molecular complexity index is 880. The van der Waals surface area contributed by atoms with Gasteiger partial charge >= 0.3 is 0 Å². The molecule has 0 aliphatic rings. The second-order valence-electron chi connectivity index (χ2n) is 5.67. The van der Waals surface area contributed by atoms with Crippen molar-refractivity contribution in [1.82, 2.24) is 10.9 Å². The molecule has 0 aliphatic heterocycles. The fourth-order valence-electron chi connectivity index (χ4n) is 2.35. The fourth-order valence-corrected chi connectivity index (χ4v) is 2.35. The van der Waals surface area contributed by atoms with E-state index in [0.717, 1.165) is 0 Å². The molecule has 3 N–H and O–H groups in total. The lowest BCUT2D eigenvalue weighted by molar-refractivity contribution is -0.112. The fraction of sp³-hybridized carbons (Fsp3) is 0.200. The van der Waals surface area contributed by atoms with Crippen molar-refractivity contribution in [3.63, 3.8) is 0 Å². The first-order chi connectivity index (χ1) is 13.5. The van der Waals surface area contributed by atoms with Gasteiger partial charge in [-0.15, -0.1) is 0 Å². The van der Waals surface area contributed by atoms with Crippen LogP contribution in [0.5, 0.6) is 17.2 Å². The van der Waals surface area contributed by atoms with Gasteiger partial charge in [0.2, 0.25) is 5.91 Å². The summed E-state index contributed by atoms with van der Waals surface area (Å²) < 4.78 is 15.5. The molecule has 0 aliphatic carbocycles. The van der Waals surface area contributed by atoms with Crippen molar-refractivity contribution >= 4 is 17.5 Å². The van der Waals surface area contributed by atoms with E-state index < -0.39 is 0 Å². The normalized spacial score (nSPS) is 10.6. The Hall–Kier alpha value is -3.68. The second kappa shape index (κ2) is 9.86. The number of benzene rings is 2. The van der Waals surface area contributed by atoms with Gasteiger partial charge in [0.05, 0.1) is 27.0 Å². The van der Waals surface area contributed by atoms with Crippen LogP contribution < -0.4 is 30.4 Å². The van der Waals surface area contributed by atoms with Crippen molar-refractivity contribution in [3.05, 3.63) is 59.8 Å². The van der Waals surface area contributed by atoms with Gasteiger partial charge in [0.1, 0.15) is 5.75 Å². The predicted octanol–water partition coefficient (Wildman–Crippen LogP) is 2.49. The molecular weight excluding hydrogens is 362 g/mol. The van der Waals surface area contributed by atoms with Crippen LogP contribution in [-0.4, -0.2) is 33.1 Å². The highest BCUT2D eigenvalue weighted by Gasteiger charge is 2.11. The summed E-state index contributed by atoms with van der Waals surface area (Å²) in [6, 6.07) is 11.9. The van der Waals surface area contributed by atoms with Gasteiger partial charge < -0.3 is 25.0 Å². The number of hydrogen-bond donors (Lipinski definition) is 3. The van der Waals surface area contributed by atoms with E-state index in [0.29, 0.717) is 34.2 Å². The SMILES string of the molecule is COc1ccccc1NC(=O)/C=C(\C)NNC(=O)c1ccc(OC)c(OC)c1.